The molecule has 130 valence electrons. The molecule has 0 radical (unpaired) electrons. The van der Waals surface area contributed by atoms with E-state index in [2.05, 4.69) is 56.0 Å². The second-order valence-corrected chi connectivity index (χ2v) is 7.18. The van der Waals surface area contributed by atoms with Crippen LogP contribution in [0, 0.1) is 5.92 Å². The van der Waals surface area contributed by atoms with Gasteiger partial charge in [0.25, 0.3) is 0 Å². The molecular formula is C23H33N. The highest BCUT2D eigenvalue weighted by Gasteiger charge is 2.17. The van der Waals surface area contributed by atoms with E-state index in [-0.39, 0.29) is 0 Å². The number of likely N-dealkylation sites (N-methyl/N-ethyl adjacent to an activating group) is 1. The summed E-state index contributed by atoms with van der Waals surface area (Å²) in [5.74, 6) is 0.888. The first-order chi connectivity index (χ1) is 11.7. The van der Waals surface area contributed by atoms with Crippen molar-refractivity contribution in [2.45, 2.75) is 57.5 Å². The third-order valence-electron chi connectivity index (χ3n) is 5.35. The third kappa shape index (κ3) is 5.21. The molecule has 1 aromatic carbocycles. The van der Waals surface area contributed by atoms with Gasteiger partial charge in [0.2, 0.25) is 0 Å². The molecule has 1 nitrogen and oxygen atoms in total. The van der Waals surface area contributed by atoms with Gasteiger partial charge in [-0.1, -0.05) is 68.7 Å². The summed E-state index contributed by atoms with van der Waals surface area (Å²) >= 11 is 0. The van der Waals surface area contributed by atoms with E-state index in [1.165, 1.54) is 48.8 Å². The van der Waals surface area contributed by atoms with Gasteiger partial charge in [0.15, 0.2) is 0 Å². The third-order valence-corrected chi connectivity index (χ3v) is 5.35. The molecule has 0 amide bonds. The van der Waals surface area contributed by atoms with Gasteiger partial charge < -0.3 is 0 Å². The van der Waals surface area contributed by atoms with Crippen LogP contribution in [0.25, 0.3) is 6.08 Å². The zero-order valence-corrected chi connectivity index (χ0v) is 15.3. The van der Waals surface area contributed by atoms with Gasteiger partial charge in [-0.3, -0.25) is 4.90 Å². The average Bonchev–Trinajstić information content (AvgIpc) is 3.09. The van der Waals surface area contributed by atoms with Gasteiger partial charge >= 0.3 is 0 Å². The van der Waals surface area contributed by atoms with Crippen molar-refractivity contribution >= 4 is 6.08 Å². The quantitative estimate of drug-likeness (QED) is 0.476. The van der Waals surface area contributed by atoms with Crippen LogP contribution >= 0.6 is 0 Å². The first-order valence-electron chi connectivity index (χ1n) is 9.35. The van der Waals surface area contributed by atoms with E-state index < -0.39 is 0 Å². The number of hydrogen-bond acceptors (Lipinski definition) is 1. The predicted molar refractivity (Wildman–Crippen MR) is 107 cm³/mol. The topological polar surface area (TPSA) is 3.24 Å². The molecule has 0 aliphatic heterocycles. The SMILES string of the molecule is C=CCCC(C=C)N(C)Cc1cc(CC2CCCC2)ccc1C=C. The molecular weight excluding hydrogens is 290 g/mol. The van der Waals surface area contributed by atoms with Crippen molar-refractivity contribution in [3.8, 4) is 0 Å². The van der Waals surface area contributed by atoms with Crippen LogP contribution in [0.15, 0.2) is 50.1 Å². The Bertz CT molecular complexity index is 551. The van der Waals surface area contributed by atoms with Crippen molar-refractivity contribution in [1.29, 1.82) is 0 Å². The lowest BCUT2D eigenvalue weighted by Gasteiger charge is -2.26. The molecule has 1 aromatic rings. The van der Waals surface area contributed by atoms with E-state index in [1.807, 2.05) is 12.2 Å². The lowest BCUT2D eigenvalue weighted by atomic mass is 9.94. The normalized spacial score (nSPS) is 16.2. The van der Waals surface area contributed by atoms with Crippen molar-refractivity contribution < 1.29 is 0 Å². The summed E-state index contributed by atoms with van der Waals surface area (Å²) < 4.78 is 0. The molecule has 0 aromatic heterocycles. The first kappa shape index (κ1) is 18.7. The molecule has 0 N–H and O–H groups in total. The van der Waals surface area contributed by atoms with Gasteiger partial charge in [0.05, 0.1) is 0 Å². The summed E-state index contributed by atoms with van der Waals surface area (Å²) in [6, 6.07) is 7.33. The summed E-state index contributed by atoms with van der Waals surface area (Å²) in [7, 11) is 2.19. The monoisotopic (exact) mass is 323 g/mol. The Morgan fingerprint density at radius 2 is 1.96 bits per heavy atom. The van der Waals surface area contributed by atoms with Crippen molar-refractivity contribution in [3.63, 3.8) is 0 Å². The molecule has 1 fully saturated rings. The molecule has 1 saturated carbocycles. The van der Waals surface area contributed by atoms with Crippen LogP contribution in [-0.4, -0.2) is 18.0 Å². The van der Waals surface area contributed by atoms with E-state index in [9.17, 15) is 0 Å². The van der Waals surface area contributed by atoms with E-state index in [4.69, 9.17) is 0 Å². The number of benzene rings is 1. The van der Waals surface area contributed by atoms with Crippen LogP contribution in [-0.2, 0) is 13.0 Å². The average molecular weight is 324 g/mol. The highest BCUT2D eigenvalue weighted by Crippen LogP contribution is 2.29. The Hall–Kier alpha value is -1.60. The van der Waals surface area contributed by atoms with Gasteiger partial charge in [-0.15, -0.1) is 13.2 Å². The van der Waals surface area contributed by atoms with E-state index in [1.54, 1.807) is 0 Å². The van der Waals surface area contributed by atoms with Crippen molar-refractivity contribution in [1.82, 2.24) is 4.90 Å². The fourth-order valence-corrected chi connectivity index (χ4v) is 3.86. The molecule has 1 aliphatic carbocycles. The fraction of sp³-hybridized carbons (Fsp3) is 0.478. The van der Waals surface area contributed by atoms with Crippen molar-refractivity contribution in [2.24, 2.45) is 5.92 Å². The van der Waals surface area contributed by atoms with Crippen molar-refractivity contribution in [2.75, 3.05) is 7.05 Å². The largest absolute Gasteiger partial charge is 0.296 e. The summed E-state index contributed by atoms with van der Waals surface area (Å²) in [6.45, 7) is 12.8. The summed E-state index contributed by atoms with van der Waals surface area (Å²) in [5, 5.41) is 0. The molecule has 0 bridgehead atoms. The highest BCUT2D eigenvalue weighted by molar-refractivity contribution is 5.53. The molecule has 0 spiro atoms. The summed E-state index contributed by atoms with van der Waals surface area (Å²) in [6.07, 6.45) is 15.0. The zero-order chi connectivity index (χ0) is 17.4. The number of nitrogens with zero attached hydrogens (tertiary/aromatic N) is 1. The summed E-state index contributed by atoms with van der Waals surface area (Å²) in [5.41, 5.74) is 4.12. The second-order valence-electron chi connectivity index (χ2n) is 7.18. The minimum Gasteiger partial charge on any atom is -0.296 e. The van der Waals surface area contributed by atoms with E-state index in [0.29, 0.717) is 6.04 Å². The van der Waals surface area contributed by atoms with Crippen LogP contribution in [0.5, 0.6) is 0 Å². The Kier molecular flexibility index (Phi) is 7.52. The molecule has 1 unspecified atom stereocenters. The molecule has 0 saturated heterocycles. The van der Waals surface area contributed by atoms with Gasteiger partial charge in [0, 0.05) is 12.6 Å². The maximum atomic E-state index is 4.01. The van der Waals surface area contributed by atoms with Crippen molar-refractivity contribution in [3.05, 3.63) is 66.8 Å². The Balaban J connectivity index is 2.09. The van der Waals surface area contributed by atoms with Gasteiger partial charge in [-0.25, -0.2) is 0 Å². The molecule has 2 rings (SSSR count). The molecule has 24 heavy (non-hydrogen) atoms. The van der Waals surface area contributed by atoms with Crippen LogP contribution in [0.4, 0.5) is 0 Å². The van der Waals surface area contributed by atoms with Gasteiger partial charge in [0.1, 0.15) is 0 Å². The van der Waals surface area contributed by atoms with Crippen LogP contribution in [0.3, 0.4) is 0 Å². The summed E-state index contributed by atoms with van der Waals surface area (Å²) in [4.78, 5) is 2.39. The Morgan fingerprint density at radius 3 is 2.58 bits per heavy atom. The lowest BCUT2D eigenvalue weighted by Crippen LogP contribution is -2.29. The van der Waals surface area contributed by atoms with E-state index >= 15 is 0 Å². The molecule has 1 atom stereocenters. The van der Waals surface area contributed by atoms with Crippen LogP contribution < -0.4 is 0 Å². The first-order valence-corrected chi connectivity index (χ1v) is 9.35. The van der Waals surface area contributed by atoms with Gasteiger partial charge in [-0.2, -0.15) is 0 Å². The number of rotatable bonds is 10. The Labute approximate surface area is 148 Å². The zero-order valence-electron chi connectivity index (χ0n) is 15.3. The lowest BCUT2D eigenvalue weighted by molar-refractivity contribution is 0.263. The van der Waals surface area contributed by atoms with Crippen LogP contribution in [0.2, 0.25) is 0 Å². The Morgan fingerprint density at radius 1 is 1.21 bits per heavy atom. The van der Waals surface area contributed by atoms with Crippen LogP contribution in [0.1, 0.15) is 55.2 Å². The smallest absolute Gasteiger partial charge is 0.0279 e. The minimum absolute atomic E-state index is 0.388. The fourth-order valence-electron chi connectivity index (χ4n) is 3.86. The van der Waals surface area contributed by atoms with Gasteiger partial charge in [-0.05, 0) is 48.9 Å². The number of hydrogen-bond donors (Lipinski definition) is 0. The second kappa shape index (κ2) is 9.64. The standard InChI is InChI=1S/C23H33N/c1-5-8-13-23(7-3)24(4)18-22-17-20(14-15-21(22)6-2)16-19-11-9-10-12-19/h5-7,14-15,17,19,23H,1-3,8-13,16,18H2,4H3. The molecule has 1 heteroatoms. The predicted octanol–water partition coefficient (Wildman–Crippen LogP) is 6.01. The molecule has 1 aliphatic rings. The maximum absolute atomic E-state index is 4.01. The highest BCUT2D eigenvalue weighted by atomic mass is 15.1. The minimum atomic E-state index is 0.388. The molecule has 0 heterocycles. The number of allylic oxidation sites excluding steroid dienone is 1. The van der Waals surface area contributed by atoms with E-state index in [0.717, 1.165) is 25.3 Å². The maximum Gasteiger partial charge on any atom is 0.0279 e.